The number of hydrogen-bond donors (Lipinski definition) is 2. The summed E-state index contributed by atoms with van der Waals surface area (Å²) < 4.78 is 0. The Kier molecular flexibility index (Phi) is 1.55. The first-order chi connectivity index (χ1) is 6.92. The Bertz CT molecular complexity index is 397. The first-order valence-electron chi connectivity index (χ1n) is 4.91. The number of hydrogen-bond acceptors (Lipinski definition) is 3. The lowest BCUT2D eigenvalue weighted by atomic mass is 10.0. The molecule has 2 aliphatic heterocycles. The molecular weight excluding hydrogens is 174 g/mol. The van der Waals surface area contributed by atoms with E-state index in [4.69, 9.17) is 5.73 Å². The third kappa shape index (κ3) is 0.849. The molecular formula is C11H13N3. The maximum atomic E-state index is 5.81. The smallest absolute Gasteiger partial charge is 0.0879 e. The third-order valence-electron chi connectivity index (χ3n) is 3.01. The molecule has 3 nitrogen and oxygen atoms in total. The summed E-state index contributed by atoms with van der Waals surface area (Å²) in [5.74, 6) is 0. The summed E-state index contributed by atoms with van der Waals surface area (Å²) in [4.78, 5) is 2.32. The number of fused-ring (bicyclic) bond motifs is 3. The molecule has 0 aliphatic carbocycles. The van der Waals surface area contributed by atoms with Gasteiger partial charge in [-0.2, -0.15) is 0 Å². The zero-order valence-corrected chi connectivity index (χ0v) is 7.90. The number of nitrogens with one attached hydrogen (secondary N) is 1. The molecule has 2 aliphatic rings. The van der Waals surface area contributed by atoms with Crippen LogP contribution in [0.2, 0.25) is 0 Å². The quantitative estimate of drug-likeness (QED) is 0.685. The topological polar surface area (TPSA) is 41.3 Å². The lowest BCUT2D eigenvalue weighted by Crippen LogP contribution is -2.28. The Morgan fingerprint density at radius 1 is 1.43 bits per heavy atom. The minimum Gasteiger partial charge on any atom is -0.372 e. The maximum Gasteiger partial charge on any atom is 0.0879 e. The number of nitrogens with zero attached hydrogens (tertiary/aromatic N) is 1. The summed E-state index contributed by atoms with van der Waals surface area (Å²) in [5.41, 5.74) is 9.79. The van der Waals surface area contributed by atoms with Gasteiger partial charge in [0.05, 0.1) is 18.4 Å². The summed E-state index contributed by atoms with van der Waals surface area (Å²) in [5, 5.41) is 3.24. The van der Waals surface area contributed by atoms with Gasteiger partial charge < -0.3 is 16.0 Å². The van der Waals surface area contributed by atoms with Crippen LogP contribution in [-0.2, 0) is 0 Å². The van der Waals surface area contributed by atoms with Gasteiger partial charge in [-0.15, -0.1) is 0 Å². The minimum absolute atomic E-state index is 0.354. The molecule has 1 unspecified atom stereocenters. The molecule has 0 saturated carbocycles. The molecule has 3 N–H and O–H groups in total. The number of rotatable bonds is 1. The van der Waals surface area contributed by atoms with Gasteiger partial charge in [-0.05, 0) is 5.56 Å². The van der Waals surface area contributed by atoms with Crippen LogP contribution in [0.5, 0.6) is 0 Å². The predicted molar refractivity (Wildman–Crippen MR) is 56.1 cm³/mol. The summed E-state index contributed by atoms with van der Waals surface area (Å²) in [6.07, 6.45) is 2.08. The molecule has 14 heavy (non-hydrogen) atoms. The first-order valence-corrected chi connectivity index (χ1v) is 4.91. The highest BCUT2D eigenvalue weighted by atomic mass is 15.3. The van der Waals surface area contributed by atoms with Crippen molar-refractivity contribution in [2.45, 2.75) is 6.04 Å². The van der Waals surface area contributed by atoms with Crippen LogP contribution in [-0.4, -0.2) is 18.1 Å². The molecule has 0 fully saturated rings. The first kappa shape index (κ1) is 7.88. The van der Waals surface area contributed by atoms with Crippen LogP contribution in [0.3, 0.4) is 0 Å². The fourth-order valence-electron chi connectivity index (χ4n) is 2.36. The molecule has 0 amide bonds. The Balaban J connectivity index is 2.18. The highest BCUT2D eigenvalue weighted by molar-refractivity contribution is 5.73. The third-order valence-corrected chi connectivity index (χ3v) is 3.01. The lowest BCUT2D eigenvalue weighted by Gasteiger charge is -2.22. The lowest BCUT2D eigenvalue weighted by molar-refractivity contribution is 0.330. The van der Waals surface area contributed by atoms with Crippen LogP contribution in [0, 0.1) is 0 Å². The molecule has 1 atom stereocenters. The van der Waals surface area contributed by atoms with E-state index in [9.17, 15) is 0 Å². The second kappa shape index (κ2) is 2.75. The van der Waals surface area contributed by atoms with Gasteiger partial charge in [0.1, 0.15) is 0 Å². The molecule has 1 aromatic rings. The van der Waals surface area contributed by atoms with E-state index in [0.717, 1.165) is 6.67 Å². The van der Waals surface area contributed by atoms with E-state index in [-0.39, 0.29) is 0 Å². The van der Waals surface area contributed by atoms with Crippen molar-refractivity contribution < 1.29 is 0 Å². The van der Waals surface area contributed by atoms with Crippen molar-refractivity contribution in [3.63, 3.8) is 0 Å². The fraction of sp³-hybridized carbons (Fsp3) is 0.273. The molecule has 0 aromatic heterocycles. The van der Waals surface area contributed by atoms with Gasteiger partial charge in [-0.3, -0.25) is 0 Å². The summed E-state index contributed by atoms with van der Waals surface area (Å²) in [7, 11) is 0. The van der Waals surface area contributed by atoms with Crippen molar-refractivity contribution in [1.82, 2.24) is 10.2 Å². The minimum atomic E-state index is 0.354. The van der Waals surface area contributed by atoms with Crippen LogP contribution in [0.1, 0.15) is 17.2 Å². The molecule has 3 rings (SSSR count). The van der Waals surface area contributed by atoms with Gasteiger partial charge >= 0.3 is 0 Å². The average molecular weight is 187 g/mol. The van der Waals surface area contributed by atoms with Gasteiger partial charge in [0.25, 0.3) is 0 Å². The standard InChI is InChI=1S/C11H13N3/c12-5-10-8-3-1-2-4-9(8)11-6-13-7-14(10)11/h1-4,6,10,13H,5,7,12H2. The molecule has 0 radical (unpaired) electrons. The van der Waals surface area contributed by atoms with Gasteiger partial charge in [-0.1, -0.05) is 24.3 Å². The summed E-state index contributed by atoms with van der Waals surface area (Å²) in [6.45, 7) is 1.56. The predicted octanol–water partition coefficient (Wildman–Crippen LogP) is 0.861. The van der Waals surface area contributed by atoms with Crippen molar-refractivity contribution in [1.29, 1.82) is 0 Å². The van der Waals surface area contributed by atoms with Crippen LogP contribution in [0.15, 0.2) is 30.5 Å². The van der Waals surface area contributed by atoms with Crippen LogP contribution in [0.25, 0.3) is 5.70 Å². The summed E-state index contributed by atoms with van der Waals surface area (Å²) >= 11 is 0. The molecule has 0 bridgehead atoms. The zero-order chi connectivity index (χ0) is 9.54. The number of benzene rings is 1. The zero-order valence-electron chi connectivity index (χ0n) is 7.90. The van der Waals surface area contributed by atoms with Crippen molar-refractivity contribution in [2.24, 2.45) is 5.73 Å². The van der Waals surface area contributed by atoms with Crippen molar-refractivity contribution in [3.05, 3.63) is 41.6 Å². The largest absolute Gasteiger partial charge is 0.372 e. The number of nitrogens with two attached hydrogens (primary N) is 1. The van der Waals surface area contributed by atoms with Crippen molar-refractivity contribution in [3.8, 4) is 0 Å². The molecule has 1 aromatic carbocycles. The van der Waals surface area contributed by atoms with Crippen LogP contribution in [0.4, 0.5) is 0 Å². The highest BCUT2D eigenvalue weighted by Crippen LogP contribution is 2.41. The average Bonchev–Trinajstić information content (AvgIpc) is 2.77. The van der Waals surface area contributed by atoms with E-state index in [1.807, 2.05) is 0 Å². The van der Waals surface area contributed by atoms with Crippen molar-refractivity contribution in [2.75, 3.05) is 13.2 Å². The van der Waals surface area contributed by atoms with Gasteiger partial charge in [0.2, 0.25) is 0 Å². The van der Waals surface area contributed by atoms with Gasteiger partial charge in [0, 0.05) is 18.3 Å². The Hall–Kier alpha value is -1.48. The van der Waals surface area contributed by atoms with Gasteiger partial charge in [0.15, 0.2) is 0 Å². The Labute approximate surface area is 83.2 Å². The molecule has 0 spiro atoms. The van der Waals surface area contributed by atoms with E-state index in [1.165, 1.54) is 16.8 Å². The van der Waals surface area contributed by atoms with Crippen molar-refractivity contribution >= 4 is 5.70 Å². The Morgan fingerprint density at radius 2 is 2.29 bits per heavy atom. The SMILES string of the molecule is NCC1c2ccccc2C2=CNCN21. The van der Waals surface area contributed by atoms with E-state index >= 15 is 0 Å². The van der Waals surface area contributed by atoms with E-state index in [0.29, 0.717) is 12.6 Å². The molecule has 2 heterocycles. The second-order valence-corrected chi connectivity index (χ2v) is 3.70. The maximum absolute atomic E-state index is 5.81. The summed E-state index contributed by atoms with van der Waals surface area (Å²) in [6, 6.07) is 8.85. The van der Waals surface area contributed by atoms with Gasteiger partial charge in [-0.25, -0.2) is 0 Å². The monoisotopic (exact) mass is 187 g/mol. The van der Waals surface area contributed by atoms with E-state index in [2.05, 4.69) is 40.7 Å². The Morgan fingerprint density at radius 3 is 3.14 bits per heavy atom. The molecule has 3 heteroatoms. The van der Waals surface area contributed by atoms with Crippen LogP contribution >= 0.6 is 0 Å². The normalized spacial score (nSPS) is 22.8. The fourth-order valence-corrected chi connectivity index (χ4v) is 2.36. The van der Waals surface area contributed by atoms with E-state index in [1.54, 1.807) is 0 Å². The van der Waals surface area contributed by atoms with Crippen LogP contribution < -0.4 is 11.1 Å². The van der Waals surface area contributed by atoms with E-state index < -0.39 is 0 Å². The molecule has 72 valence electrons. The second-order valence-electron chi connectivity index (χ2n) is 3.70. The highest BCUT2D eigenvalue weighted by Gasteiger charge is 2.34. The molecule has 0 saturated heterocycles.